The third-order valence-electron chi connectivity index (χ3n) is 6.99. The van der Waals surface area contributed by atoms with Gasteiger partial charge < -0.3 is 24.2 Å². The summed E-state index contributed by atoms with van der Waals surface area (Å²) in [5.74, 6) is 1.32. The molecule has 40 heavy (non-hydrogen) atoms. The summed E-state index contributed by atoms with van der Waals surface area (Å²) in [6.45, 7) is 4.95. The fraction of sp³-hybridized carbons (Fsp3) is 0.400. The van der Waals surface area contributed by atoms with Crippen molar-refractivity contribution >= 4 is 17.6 Å². The zero-order valence-electron chi connectivity index (χ0n) is 23.3. The van der Waals surface area contributed by atoms with Crippen molar-refractivity contribution in [1.82, 2.24) is 20.0 Å². The van der Waals surface area contributed by atoms with E-state index in [0.29, 0.717) is 48.9 Å². The molecular formula is C30H36FN5O4. The van der Waals surface area contributed by atoms with Crippen molar-refractivity contribution < 1.29 is 23.5 Å². The number of carbonyl (C=O) groups excluding carboxylic acids is 2. The number of halogens is 1. The number of amides is 2. The Balaban J connectivity index is 1.39. The molecule has 0 radical (unpaired) electrons. The molecule has 9 nitrogen and oxygen atoms in total. The SMILES string of the molecule is CCCCN(CC(=O)N1CCCN(c2ccc(-c3ccc(OC)cc3OC)nn2)CC1)C(=O)c1ccc(F)cc1. The molecule has 2 aromatic carbocycles. The Bertz CT molecular complexity index is 1290. The van der Waals surface area contributed by atoms with Crippen molar-refractivity contribution in [1.29, 1.82) is 0 Å². The van der Waals surface area contributed by atoms with Gasteiger partial charge >= 0.3 is 0 Å². The molecule has 1 saturated heterocycles. The van der Waals surface area contributed by atoms with Crippen LogP contribution < -0.4 is 14.4 Å². The number of methoxy groups -OCH3 is 2. The average molecular weight is 550 g/mol. The molecule has 2 amide bonds. The van der Waals surface area contributed by atoms with Crippen LogP contribution in [0.1, 0.15) is 36.5 Å². The maximum Gasteiger partial charge on any atom is 0.254 e. The minimum atomic E-state index is -0.401. The highest BCUT2D eigenvalue weighted by molar-refractivity contribution is 5.96. The highest BCUT2D eigenvalue weighted by Crippen LogP contribution is 2.32. The van der Waals surface area contributed by atoms with Crippen molar-refractivity contribution in [2.24, 2.45) is 0 Å². The van der Waals surface area contributed by atoms with Gasteiger partial charge in [-0.25, -0.2) is 4.39 Å². The fourth-order valence-corrected chi connectivity index (χ4v) is 4.68. The minimum absolute atomic E-state index is 0.00555. The van der Waals surface area contributed by atoms with Gasteiger partial charge in [-0.05, 0) is 61.4 Å². The van der Waals surface area contributed by atoms with E-state index in [2.05, 4.69) is 15.1 Å². The standard InChI is InChI=1S/C30H36FN5O4/c1-4-5-15-36(30(38)22-7-9-23(31)10-8-22)21-29(37)35-17-6-16-34(18-19-35)28-14-13-26(32-33-28)25-12-11-24(39-2)20-27(25)40-3/h7-14,20H,4-6,15-19,21H2,1-3H3. The Morgan fingerprint density at radius 1 is 0.950 bits per heavy atom. The van der Waals surface area contributed by atoms with Gasteiger partial charge in [-0.3, -0.25) is 9.59 Å². The predicted octanol–water partition coefficient (Wildman–Crippen LogP) is 4.28. The molecule has 0 atom stereocenters. The first-order chi connectivity index (χ1) is 19.4. The van der Waals surface area contributed by atoms with Gasteiger partial charge in [0, 0.05) is 49.9 Å². The number of hydrogen-bond acceptors (Lipinski definition) is 7. The van der Waals surface area contributed by atoms with Crippen molar-refractivity contribution in [3.8, 4) is 22.8 Å². The van der Waals surface area contributed by atoms with Gasteiger partial charge in [0.05, 0.1) is 19.9 Å². The summed E-state index contributed by atoms with van der Waals surface area (Å²) in [5, 5.41) is 8.89. The second kappa shape index (κ2) is 13.7. The van der Waals surface area contributed by atoms with E-state index in [1.807, 2.05) is 37.3 Å². The lowest BCUT2D eigenvalue weighted by molar-refractivity contribution is -0.131. The largest absolute Gasteiger partial charge is 0.497 e. The molecule has 3 aromatic rings. The number of rotatable bonds is 10. The Labute approximate surface area is 234 Å². The Morgan fingerprint density at radius 3 is 2.42 bits per heavy atom. The van der Waals surface area contributed by atoms with E-state index in [9.17, 15) is 14.0 Å². The maximum atomic E-state index is 13.3. The van der Waals surface area contributed by atoms with E-state index < -0.39 is 5.82 Å². The molecule has 0 unspecified atom stereocenters. The van der Waals surface area contributed by atoms with Crippen LogP contribution >= 0.6 is 0 Å². The van der Waals surface area contributed by atoms with Crippen LogP contribution in [0, 0.1) is 5.82 Å². The molecule has 4 rings (SSSR count). The van der Waals surface area contributed by atoms with Gasteiger partial charge in [0.15, 0.2) is 5.82 Å². The first-order valence-electron chi connectivity index (χ1n) is 13.6. The van der Waals surface area contributed by atoms with Crippen molar-refractivity contribution in [2.45, 2.75) is 26.2 Å². The van der Waals surface area contributed by atoms with Crippen molar-refractivity contribution in [2.75, 3.05) is 58.4 Å². The number of hydrogen-bond donors (Lipinski definition) is 0. The van der Waals surface area contributed by atoms with Crippen LogP contribution in [0.4, 0.5) is 10.2 Å². The second-order valence-corrected chi connectivity index (χ2v) is 9.65. The zero-order valence-corrected chi connectivity index (χ0v) is 23.3. The van der Waals surface area contributed by atoms with E-state index >= 15 is 0 Å². The van der Waals surface area contributed by atoms with Crippen LogP contribution in [0.3, 0.4) is 0 Å². The van der Waals surface area contributed by atoms with Crippen LogP contribution in [-0.4, -0.2) is 85.3 Å². The Morgan fingerprint density at radius 2 is 1.75 bits per heavy atom. The summed E-state index contributed by atoms with van der Waals surface area (Å²) in [7, 11) is 3.21. The van der Waals surface area contributed by atoms with Crippen molar-refractivity contribution in [3.05, 3.63) is 66.0 Å². The van der Waals surface area contributed by atoms with Crippen LogP contribution in [0.15, 0.2) is 54.6 Å². The molecule has 0 bridgehead atoms. The first kappa shape index (κ1) is 28.8. The van der Waals surface area contributed by atoms with Gasteiger partial charge in [-0.2, -0.15) is 0 Å². The minimum Gasteiger partial charge on any atom is -0.497 e. The summed E-state index contributed by atoms with van der Waals surface area (Å²) in [6, 6.07) is 14.8. The molecule has 1 fully saturated rings. The number of nitrogens with zero attached hydrogens (tertiary/aromatic N) is 5. The van der Waals surface area contributed by atoms with E-state index in [-0.39, 0.29) is 18.4 Å². The highest BCUT2D eigenvalue weighted by atomic mass is 19.1. The number of unbranched alkanes of at least 4 members (excludes halogenated alkanes) is 1. The number of ether oxygens (including phenoxy) is 2. The quantitative estimate of drug-likeness (QED) is 0.373. The lowest BCUT2D eigenvalue weighted by Crippen LogP contribution is -2.44. The van der Waals surface area contributed by atoms with Gasteiger partial charge in [-0.15, -0.1) is 10.2 Å². The molecule has 0 spiro atoms. The first-order valence-corrected chi connectivity index (χ1v) is 13.6. The Kier molecular flexibility index (Phi) is 9.88. The third kappa shape index (κ3) is 7.05. The zero-order chi connectivity index (χ0) is 28.5. The average Bonchev–Trinajstić information content (AvgIpc) is 3.25. The smallest absolute Gasteiger partial charge is 0.254 e. The molecule has 10 heteroatoms. The van der Waals surface area contributed by atoms with Crippen LogP contribution in [0.5, 0.6) is 11.5 Å². The summed E-state index contributed by atoms with van der Waals surface area (Å²) in [5.41, 5.74) is 1.88. The predicted molar refractivity (Wildman–Crippen MR) is 151 cm³/mol. The monoisotopic (exact) mass is 549 g/mol. The lowest BCUT2D eigenvalue weighted by atomic mass is 10.1. The molecule has 0 saturated carbocycles. The van der Waals surface area contributed by atoms with E-state index in [1.165, 1.54) is 24.3 Å². The number of aromatic nitrogens is 2. The molecule has 1 aromatic heterocycles. The van der Waals surface area contributed by atoms with Gasteiger partial charge in [0.1, 0.15) is 23.9 Å². The number of benzene rings is 2. The maximum absolute atomic E-state index is 13.3. The summed E-state index contributed by atoms with van der Waals surface area (Å²) >= 11 is 0. The second-order valence-electron chi connectivity index (χ2n) is 9.65. The Hall–Kier alpha value is -4.21. The molecular weight excluding hydrogens is 513 g/mol. The topological polar surface area (TPSA) is 88.1 Å². The molecule has 1 aliphatic rings. The molecule has 0 aliphatic carbocycles. The number of carbonyl (C=O) groups is 2. The van der Waals surface area contributed by atoms with Crippen molar-refractivity contribution in [3.63, 3.8) is 0 Å². The van der Waals surface area contributed by atoms with E-state index in [0.717, 1.165) is 37.2 Å². The van der Waals surface area contributed by atoms with Gasteiger partial charge in [0.2, 0.25) is 5.91 Å². The highest BCUT2D eigenvalue weighted by Gasteiger charge is 2.25. The summed E-state index contributed by atoms with van der Waals surface area (Å²) < 4.78 is 24.1. The molecule has 0 N–H and O–H groups in total. The van der Waals surface area contributed by atoms with E-state index in [4.69, 9.17) is 9.47 Å². The molecule has 2 heterocycles. The van der Waals surface area contributed by atoms with Crippen LogP contribution in [0.2, 0.25) is 0 Å². The fourth-order valence-electron chi connectivity index (χ4n) is 4.68. The van der Waals surface area contributed by atoms with Crippen LogP contribution in [-0.2, 0) is 4.79 Å². The van der Waals surface area contributed by atoms with Gasteiger partial charge in [0.25, 0.3) is 5.91 Å². The normalized spacial score (nSPS) is 13.5. The summed E-state index contributed by atoms with van der Waals surface area (Å²) in [6.07, 6.45) is 2.44. The number of anilines is 1. The summed E-state index contributed by atoms with van der Waals surface area (Å²) in [4.78, 5) is 31.8. The van der Waals surface area contributed by atoms with E-state index in [1.54, 1.807) is 24.0 Å². The lowest BCUT2D eigenvalue weighted by Gasteiger charge is -2.27. The molecule has 212 valence electrons. The third-order valence-corrected chi connectivity index (χ3v) is 6.99. The van der Waals surface area contributed by atoms with Crippen LogP contribution in [0.25, 0.3) is 11.3 Å². The molecule has 1 aliphatic heterocycles. The van der Waals surface area contributed by atoms with Gasteiger partial charge in [-0.1, -0.05) is 13.3 Å².